The molecule has 1 fully saturated rings. The monoisotopic (exact) mass is 229 g/mol. The largest absolute Gasteiger partial charge is 0.358 e. The van der Waals surface area contributed by atoms with E-state index in [2.05, 4.69) is 28.5 Å². The van der Waals surface area contributed by atoms with E-state index >= 15 is 0 Å². The van der Waals surface area contributed by atoms with Crippen LogP contribution in [0.25, 0.3) is 0 Å². The average molecular weight is 229 g/mol. The van der Waals surface area contributed by atoms with Crippen LogP contribution in [0.3, 0.4) is 0 Å². The molecule has 1 saturated heterocycles. The van der Waals surface area contributed by atoms with Crippen LogP contribution < -0.4 is 5.32 Å². The fraction of sp³-hybridized carbons (Fsp3) is 0.778. The minimum atomic E-state index is 0.437. The van der Waals surface area contributed by atoms with Crippen molar-refractivity contribution in [2.24, 2.45) is 0 Å². The molecule has 0 radical (unpaired) electrons. The lowest BCUT2D eigenvalue weighted by atomic mass is 10.2. The molecule has 0 aliphatic carbocycles. The Bertz CT molecular complexity index is 292. The molecule has 1 aromatic rings. The standard InChI is InChI=1S/C9H15N3S2/c1-6(2)10-9-11-8(12-14-9)7-4-3-5-13-7/h6-7H,3-5H2,1-2H3,(H,10,11,12). The van der Waals surface area contributed by atoms with Crippen molar-refractivity contribution in [2.45, 2.75) is 38.0 Å². The van der Waals surface area contributed by atoms with Gasteiger partial charge in [-0.05, 0) is 32.4 Å². The number of rotatable bonds is 3. The molecule has 0 spiro atoms. The molecule has 14 heavy (non-hydrogen) atoms. The van der Waals surface area contributed by atoms with Crippen LogP contribution in [0.1, 0.15) is 37.8 Å². The number of hydrogen-bond acceptors (Lipinski definition) is 5. The first-order valence-corrected chi connectivity index (χ1v) is 6.79. The summed E-state index contributed by atoms with van der Waals surface area (Å²) < 4.78 is 4.40. The van der Waals surface area contributed by atoms with E-state index in [-0.39, 0.29) is 0 Å². The van der Waals surface area contributed by atoms with E-state index in [1.807, 2.05) is 11.8 Å². The van der Waals surface area contributed by atoms with Crippen molar-refractivity contribution >= 4 is 28.4 Å². The normalized spacial score (nSPS) is 21.8. The number of anilines is 1. The molecule has 1 aliphatic heterocycles. The maximum atomic E-state index is 4.51. The third-order valence-electron chi connectivity index (χ3n) is 2.07. The lowest BCUT2D eigenvalue weighted by Crippen LogP contribution is -2.09. The Balaban J connectivity index is 2.01. The van der Waals surface area contributed by atoms with E-state index in [1.54, 1.807) is 0 Å². The zero-order chi connectivity index (χ0) is 9.97. The van der Waals surface area contributed by atoms with Crippen molar-refractivity contribution in [1.29, 1.82) is 0 Å². The Morgan fingerprint density at radius 1 is 1.50 bits per heavy atom. The summed E-state index contributed by atoms with van der Waals surface area (Å²) in [6.07, 6.45) is 2.55. The Hall–Kier alpha value is -0.290. The molecule has 0 amide bonds. The van der Waals surface area contributed by atoms with Crippen molar-refractivity contribution in [3.8, 4) is 0 Å². The van der Waals surface area contributed by atoms with Crippen LogP contribution in [0.2, 0.25) is 0 Å². The van der Waals surface area contributed by atoms with Gasteiger partial charge in [0.15, 0.2) is 5.82 Å². The topological polar surface area (TPSA) is 37.8 Å². The van der Waals surface area contributed by atoms with Crippen LogP contribution in [0.15, 0.2) is 0 Å². The third kappa shape index (κ3) is 2.39. The van der Waals surface area contributed by atoms with Crippen molar-refractivity contribution in [1.82, 2.24) is 9.36 Å². The molecule has 1 aliphatic rings. The van der Waals surface area contributed by atoms with Gasteiger partial charge < -0.3 is 5.32 Å². The summed E-state index contributed by atoms with van der Waals surface area (Å²) in [5.41, 5.74) is 0. The molecule has 2 rings (SSSR count). The van der Waals surface area contributed by atoms with E-state index in [9.17, 15) is 0 Å². The number of hydrogen-bond donors (Lipinski definition) is 1. The molecular formula is C9H15N3S2. The summed E-state index contributed by atoms with van der Waals surface area (Å²) in [5.74, 6) is 2.29. The van der Waals surface area contributed by atoms with Crippen molar-refractivity contribution in [3.63, 3.8) is 0 Å². The molecule has 1 unspecified atom stereocenters. The maximum Gasteiger partial charge on any atom is 0.202 e. The van der Waals surface area contributed by atoms with Gasteiger partial charge in [-0.3, -0.25) is 0 Å². The van der Waals surface area contributed by atoms with Crippen LogP contribution in [0.5, 0.6) is 0 Å². The van der Waals surface area contributed by atoms with E-state index in [1.165, 1.54) is 30.1 Å². The number of thioether (sulfide) groups is 1. The number of nitrogens with zero attached hydrogens (tertiary/aromatic N) is 2. The molecule has 78 valence electrons. The van der Waals surface area contributed by atoms with Gasteiger partial charge in [0.25, 0.3) is 0 Å². The van der Waals surface area contributed by atoms with E-state index in [0.29, 0.717) is 11.3 Å². The van der Waals surface area contributed by atoms with Gasteiger partial charge in [0.1, 0.15) is 0 Å². The van der Waals surface area contributed by atoms with E-state index in [4.69, 9.17) is 0 Å². The second-order valence-electron chi connectivity index (χ2n) is 3.76. The van der Waals surface area contributed by atoms with Gasteiger partial charge in [-0.2, -0.15) is 16.1 Å². The highest BCUT2D eigenvalue weighted by molar-refractivity contribution is 7.99. The number of nitrogens with one attached hydrogen (secondary N) is 1. The zero-order valence-corrected chi connectivity index (χ0v) is 10.1. The minimum absolute atomic E-state index is 0.437. The van der Waals surface area contributed by atoms with Crippen LogP contribution in [0.4, 0.5) is 5.13 Å². The van der Waals surface area contributed by atoms with Crippen LogP contribution in [0, 0.1) is 0 Å². The fourth-order valence-electron chi connectivity index (χ4n) is 1.45. The molecular weight excluding hydrogens is 214 g/mol. The summed E-state index contributed by atoms with van der Waals surface area (Å²) in [6, 6.07) is 0.437. The summed E-state index contributed by atoms with van der Waals surface area (Å²) in [4.78, 5) is 4.51. The van der Waals surface area contributed by atoms with E-state index < -0.39 is 0 Å². The lowest BCUT2D eigenvalue weighted by molar-refractivity contribution is 0.791. The summed E-state index contributed by atoms with van der Waals surface area (Å²) in [5, 5.41) is 4.79. The van der Waals surface area contributed by atoms with Gasteiger partial charge in [0.2, 0.25) is 5.13 Å². The molecule has 0 bridgehead atoms. The molecule has 5 heteroatoms. The predicted octanol–water partition coefficient (Wildman–Crippen LogP) is 2.93. The summed E-state index contributed by atoms with van der Waals surface area (Å²) >= 11 is 3.46. The average Bonchev–Trinajstić information content (AvgIpc) is 2.69. The van der Waals surface area contributed by atoms with E-state index in [0.717, 1.165) is 11.0 Å². The quantitative estimate of drug-likeness (QED) is 0.865. The smallest absolute Gasteiger partial charge is 0.202 e. The highest BCUT2D eigenvalue weighted by atomic mass is 32.2. The Kier molecular flexibility index (Phi) is 3.28. The van der Waals surface area contributed by atoms with Gasteiger partial charge in [0.05, 0.1) is 5.25 Å². The third-order valence-corrected chi connectivity index (χ3v) is 4.11. The van der Waals surface area contributed by atoms with Crippen molar-refractivity contribution < 1.29 is 0 Å². The van der Waals surface area contributed by atoms with Gasteiger partial charge in [-0.15, -0.1) is 0 Å². The second kappa shape index (κ2) is 4.49. The van der Waals surface area contributed by atoms with Crippen LogP contribution in [-0.2, 0) is 0 Å². The minimum Gasteiger partial charge on any atom is -0.358 e. The predicted molar refractivity (Wildman–Crippen MR) is 63.1 cm³/mol. The molecule has 3 nitrogen and oxygen atoms in total. The van der Waals surface area contributed by atoms with Gasteiger partial charge in [-0.25, -0.2) is 4.98 Å². The van der Waals surface area contributed by atoms with Gasteiger partial charge in [0, 0.05) is 17.6 Å². The Morgan fingerprint density at radius 3 is 3.00 bits per heavy atom. The Labute approximate surface area is 92.9 Å². The second-order valence-corrected chi connectivity index (χ2v) is 5.82. The fourth-order valence-corrected chi connectivity index (χ4v) is 3.50. The highest BCUT2D eigenvalue weighted by Crippen LogP contribution is 2.39. The zero-order valence-electron chi connectivity index (χ0n) is 8.49. The first-order chi connectivity index (χ1) is 6.75. The van der Waals surface area contributed by atoms with Crippen LogP contribution >= 0.6 is 23.3 Å². The molecule has 0 saturated carbocycles. The molecule has 0 aromatic carbocycles. The SMILES string of the molecule is CC(C)Nc1nc(C2CCCS2)ns1. The first kappa shape index (κ1) is 10.2. The first-order valence-electron chi connectivity index (χ1n) is 4.97. The van der Waals surface area contributed by atoms with Crippen LogP contribution in [-0.4, -0.2) is 21.2 Å². The maximum absolute atomic E-state index is 4.51. The van der Waals surface area contributed by atoms with Gasteiger partial charge >= 0.3 is 0 Å². The summed E-state index contributed by atoms with van der Waals surface area (Å²) in [6.45, 7) is 4.23. The summed E-state index contributed by atoms with van der Waals surface area (Å²) in [7, 11) is 0. The van der Waals surface area contributed by atoms with Gasteiger partial charge in [-0.1, -0.05) is 0 Å². The van der Waals surface area contributed by atoms with Crippen molar-refractivity contribution in [3.05, 3.63) is 5.82 Å². The molecule has 2 heterocycles. The molecule has 1 atom stereocenters. The molecule has 1 aromatic heterocycles. The lowest BCUT2D eigenvalue weighted by Gasteiger charge is -2.04. The Morgan fingerprint density at radius 2 is 2.36 bits per heavy atom. The molecule has 1 N–H and O–H groups in total. The van der Waals surface area contributed by atoms with Crippen molar-refractivity contribution in [2.75, 3.05) is 11.1 Å². The number of aromatic nitrogens is 2. The highest BCUT2D eigenvalue weighted by Gasteiger charge is 2.21.